The van der Waals surface area contributed by atoms with E-state index in [4.69, 9.17) is 27.9 Å². The Balaban J connectivity index is 2.34. The lowest BCUT2D eigenvalue weighted by Crippen LogP contribution is -2.10. The average molecular weight is 405 g/mol. The van der Waals surface area contributed by atoms with Gasteiger partial charge in [-0.3, -0.25) is 10.1 Å². The van der Waals surface area contributed by atoms with Crippen LogP contribution in [0.25, 0.3) is 0 Å². The summed E-state index contributed by atoms with van der Waals surface area (Å²) in [7, 11) is 0. The summed E-state index contributed by atoms with van der Waals surface area (Å²) in [5.74, 6) is -0.556. The minimum atomic E-state index is -0.757. The van der Waals surface area contributed by atoms with Crippen LogP contribution >= 0.6 is 39.1 Å². The number of carbonyl (C=O) groups excluding carboxylic acids is 1. The molecule has 0 spiro atoms. The summed E-state index contributed by atoms with van der Waals surface area (Å²) in [5, 5.41) is 11.0. The van der Waals surface area contributed by atoms with Crippen molar-refractivity contribution in [2.45, 2.75) is 6.92 Å². The Bertz CT molecular complexity index is 756. The molecule has 0 aliphatic heterocycles. The van der Waals surface area contributed by atoms with Gasteiger partial charge >= 0.3 is 5.97 Å². The Morgan fingerprint density at radius 1 is 1.23 bits per heavy atom. The van der Waals surface area contributed by atoms with Crippen LogP contribution in [0, 0.1) is 17.0 Å². The average Bonchev–Trinajstić information content (AvgIpc) is 2.42. The quantitative estimate of drug-likeness (QED) is 0.305. The minimum Gasteiger partial charge on any atom is -0.421 e. The molecule has 0 unspecified atom stereocenters. The number of rotatable bonds is 3. The zero-order chi connectivity index (χ0) is 16.4. The first-order chi connectivity index (χ1) is 10.3. The van der Waals surface area contributed by atoms with E-state index in [0.717, 1.165) is 10.5 Å². The Morgan fingerprint density at radius 3 is 2.50 bits per heavy atom. The molecule has 0 atom stereocenters. The predicted octanol–water partition coefficient (Wildman–Crippen LogP) is 5.19. The van der Waals surface area contributed by atoms with Crippen LogP contribution in [-0.4, -0.2) is 10.9 Å². The number of halogens is 3. The maximum absolute atomic E-state index is 12.1. The first kappa shape index (κ1) is 16.7. The second-order valence-electron chi connectivity index (χ2n) is 4.35. The number of nitrogens with zero attached hydrogens (tertiary/aromatic N) is 1. The molecular weight excluding hydrogens is 397 g/mol. The second kappa shape index (κ2) is 6.64. The molecule has 8 heteroatoms. The number of esters is 1. The summed E-state index contributed by atoms with van der Waals surface area (Å²) >= 11 is 15.0. The number of aryl methyl sites for hydroxylation is 1. The van der Waals surface area contributed by atoms with Gasteiger partial charge in [-0.1, -0.05) is 39.1 Å². The summed E-state index contributed by atoms with van der Waals surface area (Å²) in [6.45, 7) is 1.73. The maximum Gasteiger partial charge on any atom is 0.343 e. The van der Waals surface area contributed by atoms with E-state index in [1.165, 1.54) is 12.1 Å². The van der Waals surface area contributed by atoms with Gasteiger partial charge in [-0.25, -0.2) is 4.79 Å². The number of nitro groups is 1. The van der Waals surface area contributed by atoms with Crippen molar-refractivity contribution in [1.82, 2.24) is 0 Å². The lowest BCUT2D eigenvalue weighted by molar-refractivity contribution is -0.384. The van der Waals surface area contributed by atoms with Crippen LogP contribution in [-0.2, 0) is 0 Å². The number of hydrogen-bond donors (Lipinski definition) is 0. The van der Waals surface area contributed by atoms with Crippen molar-refractivity contribution < 1.29 is 14.5 Å². The van der Waals surface area contributed by atoms with Crippen LogP contribution in [0.3, 0.4) is 0 Å². The van der Waals surface area contributed by atoms with Crippen LogP contribution in [0.4, 0.5) is 5.69 Å². The Kier molecular flexibility index (Phi) is 5.05. The molecule has 2 aromatic carbocycles. The summed E-state index contributed by atoms with van der Waals surface area (Å²) < 4.78 is 5.98. The predicted molar refractivity (Wildman–Crippen MR) is 87.0 cm³/mol. The monoisotopic (exact) mass is 403 g/mol. The largest absolute Gasteiger partial charge is 0.421 e. The van der Waals surface area contributed by atoms with Crippen LogP contribution in [0.15, 0.2) is 34.8 Å². The number of nitro benzene ring substituents is 1. The van der Waals surface area contributed by atoms with Crippen molar-refractivity contribution in [1.29, 1.82) is 0 Å². The Hall–Kier alpha value is -1.63. The molecule has 0 radical (unpaired) electrons. The smallest absolute Gasteiger partial charge is 0.343 e. The van der Waals surface area contributed by atoms with E-state index in [-0.39, 0.29) is 27.0 Å². The van der Waals surface area contributed by atoms with Gasteiger partial charge in [0.2, 0.25) is 0 Å². The topological polar surface area (TPSA) is 69.4 Å². The van der Waals surface area contributed by atoms with Crippen molar-refractivity contribution in [2.24, 2.45) is 0 Å². The highest BCUT2D eigenvalue weighted by Gasteiger charge is 2.19. The molecule has 0 heterocycles. The third-order valence-electron chi connectivity index (χ3n) is 2.77. The van der Waals surface area contributed by atoms with Crippen LogP contribution in [0.1, 0.15) is 15.9 Å². The number of benzene rings is 2. The van der Waals surface area contributed by atoms with E-state index >= 15 is 0 Å². The van der Waals surface area contributed by atoms with Crippen molar-refractivity contribution in [3.8, 4) is 5.75 Å². The van der Waals surface area contributed by atoms with Crippen molar-refractivity contribution in [3.63, 3.8) is 0 Å². The van der Waals surface area contributed by atoms with E-state index in [0.29, 0.717) is 5.56 Å². The fourth-order valence-corrected chi connectivity index (χ4v) is 2.95. The summed E-state index contributed by atoms with van der Waals surface area (Å²) in [4.78, 5) is 22.3. The second-order valence-corrected chi connectivity index (χ2v) is 6.08. The lowest BCUT2D eigenvalue weighted by atomic mass is 10.2. The highest BCUT2D eigenvalue weighted by Crippen LogP contribution is 2.33. The first-order valence-electron chi connectivity index (χ1n) is 5.91. The standard InChI is InChI=1S/C14H8BrCl2NO4/c1-7-4-9(15)6-11(17)13(7)22-14(19)8-2-3-10(16)12(5-8)18(20)21/h2-6H,1H3. The highest BCUT2D eigenvalue weighted by molar-refractivity contribution is 9.10. The molecule has 0 aliphatic carbocycles. The maximum atomic E-state index is 12.1. The van der Waals surface area contributed by atoms with E-state index in [9.17, 15) is 14.9 Å². The molecule has 0 aromatic heterocycles. The normalized spacial score (nSPS) is 10.4. The summed E-state index contributed by atoms with van der Waals surface area (Å²) in [6, 6.07) is 7.00. The highest BCUT2D eigenvalue weighted by atomic mass is 79.9. The fourth-order valence-electron chi connectivity index (χ4n) is 1.75. The molecule has 0 bridgehead atoms. The van der Waals surface area contributed by atoms with Gasteiger partial charge in [-0.15, -0.1) is 0 Å². The van der Waals surface area contributed by atoms with Crippen molar-refractivity contribution >= 4 is 50.8 Å². The van der Waals surface area contributed by atoms with Crippen molar-refractivity contribution in [3.05, 3.63) is 66.1 Å². The first-order valence-corrected chi connectivity index (χ1v) is 7.46. The molecule has 114 valence electrons. The van der Waals surface area contributed by atoms with E-state index in [1.54, 1.807) is 19.1 Å². The molecule has 0 fully saturated rings. The van der Waals surface area contributed by atoms with Gasteiger partial charge in [0.25, 0.3) is 5.69 Å². The minimum absolute atomic E-state index is 0.00878. The Morgan fingerprint density at radius 2 is 1.91 bits per heavy atom. The van der Waals surface area contributed by atoms with E-state index in [1.807, 2.05) is 0 Å². The molecule has 0 N–H and O–H groups in total. The third kappa shape index (κ3) is 3.58. The lowest BCUT2D eigenvalue weighted by Gasteiger charge is -2.10. The molecule has 0 aliphatic rings. The molecule has 5 nitrogen and oxygen atoms in total. The molecule has 2 rings (SSSR count). The van der Waals surface area contributed by atoms with Gasteiger partial charge in [0.05, 0.1) is 15.5 Å². The van der Waals surface area contributed by atoms with Gasteiger partial charge in [-0.2, -0.15) is 0 Å². The molecule has 0 saturated carbocycles. The number of hydrogen-bond acceptors (Lipinski definition) is 4. The van der Waals surface area contributed by atoms with E-state index in [2.05, 4.69) is 15.9 Å². The van der Waals surface area contributed by atoms with E-state index < -0.39 is 10.9 Å². The molecule has 0 amide bonds. The van der Waals surface area contributed by atoms with Gasteiger partial charge < -0.3 is 4.74 Å². The molecule has 22 heavy (non-hydrogen) atoms. The third-order valence-corrected chi connectivity index (χ3v) is 3.83. The molecule has 2 aromatic rings. The zero-order valence-corrected chi connectivity index (χ0v) is 14.2. The summed E-state index contributed by atoms with van der Waals surface area (Å²) in [5.41, 5.74) is 0.292. The van der Waals surface area contributed by atoms with Crippen LogP contribution in [0.5, 0.6) is 5.75 Å². The molecule has 0 saturated heterocycles. The van der Waals surface area contributed by atoms with Crippen LogP contribution < -0.4 is 4.74 Å². The van der Waals surface area contributed by atoms with Gasteiger partial charge in [0, 0.05) is 10.5 Å². The van der Waals surface area contributed by atoms with Gasteiger partial charge in [0.1, 0.15) is 5.02 Å². The fraction of sp³-hybridized carbons (Fsp3) is 0.0714. The summed E-state index contributed by atoms with van der Waals surface area (Å²) in [6.07, 6.45) is 0. The van der Waals surface area contributed by atoms with Crippen LogP contribution in [0.2, 0.25) is 10.0 Å². The number of carbonyl (C=O) groups is 1. The zero-order valence-electron chi connectivity index (χ0n) is 11.1. The Labute approximate surface area is 144 Å². The van der Waals surface area contributed by atoms with Gasteiger partial charge in [0.15, 0.2) is 5.75 Å². The number of ether oxygens (including phenoxy) is 1. The SMILES string of the molecule is Cc1cc(Br)cc(Cl)c1OC(=O)c1ccc(Cl)c([N+](=O)[O-])c1. The molecular formula is C14H8BrCl2NO4. The van der Waals surface area contributed by atoms with Gasteiger partial charge in [-0.05, 0) is 36.8 Å². The van der Waals surface area contributed by atoms with Crippen molar-refractivity contribution in [2.75, 3.05) is 0 Å².